The minimum atomic E-state index is -0.266. The van der Waals surface area contributed by atoms with E-state index in [1.807, 2.05) is 24.5 Å². The Morgan fingerprint density at radius 1 is 0.882 bits per heavy atom. The van der Waals surface area contributed by atoms with Crippen molar-refractivity contribution >= 4 is 29.0 Å². The molecule has 9 rings (SSSR count). The minimum Gasteiger partial charge on any atom is -0.507 e. The van der Waals surface area contributed by atoms with Gasteiger partial charge in [0.25, 0.3) is 0 Å². The van der Waals surface area contributed by atoms with Crippen LogP contribution < -0.4 is 20.9 Å². The van der Waals surface area contributed by atoms with Gasteiger partial charge in [-0.05, 0) is 79.8 Å². The SMILES string of the molecule is Nc1nnc(-c2ccccc2O)cc1-n1cc(N2C[C@@H]3COC[C@@H](C2)N3[C@H]2CC[C@@H](c3cccc4c3CCN4C3CCC(=O)NC3=O)CC2)cn1. The molecule has 0 radical (unpaired) electrons. The molecule has 4 fully saturated rings. The highest BCUT2D eigenvalue weighted by Crippen LogP contribution is 2.43. The van der Waals surface area contributed by atoms with E-state index < -0.39 is 0 Å². The molecule has 3 saturated heterocycles. The van der Waals surface area contributed by atoms with Gasteiger partial charge >= 0.3 is 0 Å². The quantitative estimate of drug-likeness (QED) is 0.255. The van der Waals surface area contributed by atoms with Crippen molar-refractivity contribution in [3.05, 3.63) is 72.1 Å². The van der Waals surface area contributed by atoms with E-state index in [-0.39, 0.29) is 29.4 Å². The lowest BCUT2D eigenvalue weighted by atomic mass is 9.78. The maximum atomic E-state index is 12.7. The predicted molar refractivity (Wildman–Crippen MR) is 192 cm³/mol. The van der Waals surface area contributed by atoms with E-state index >= 15 is 0 Å². The van der Waals surface area contributed by atoms with E-state index in [0.717, 1.165) is 57.4 Å². The second-order valence-electron chi connectivity index (χ2n) is 14.6. The average Bonchev–Trinajstić information content (AvgIpc) is 3.80. The van der Waals surface area contributed by atoms with Crippen LogP contribution in [-0.2, 0) is 20.7 Å². The number of nitrogen functional groups attached to an aromatic ring is 1. The zero-order valence-corrected chi connectivity index (χ0v) is 28.5. The number of nitrogens with one attached hydrogen (secondary N) is 1. The molecule has 13 heteroatoms. The van der Waals surface area contributed by atoms with Gasteiger partial charge in [-0.2, -0.15) is 5.10 Å². The molecule has 2 amide bonds. The van der Waals surface area contributed by atoms with Crippen LogP contribution in [0.5, 0.6) is 5.75 Å². The number of aromatic hydroxyl groups is 1. The Morgan fingerprint density at radius 2 is 1.69 bits per heavy atom. The first-order chi connectivity index (χ1) is 24.9. The number of piperidine rings is 1. The fourth-order valence-corrected chi connectivity index (χ4v) is 9.36. The van der Waals surface area contributed by atoms with Gasteiger partial charge in [0, 0.05) is 43.3 Å². The molecule has 0 spiro atoms. The number of carbonyl (C=O) groups is 2. The van der Waals surface area contributed by atoms with Crippen LogP contribution in [0.4, 0.5) is 17.2 Å². The number of carbonyl (C=O) groups excluding carboxylic acids is 2. The Bertz CT molecular complexity index is 1960. The summed E-state index contributed by atoms with van der Waals surface area (Å²) in [7, 11) is 0. The molecular weight excluding hydrogens is 646 g/mol. The van der Waals surface area contributed by atoms with Gasteiger partial charge in [-0.3, -0.25) is 19.8 Å². The second kappa shape index (κ2) is 13.0. The molecule has 2 aromatic carbocycles. The Morgan fingerprint density at radius 3 is 2.47 bits per heavy atom. The molecule has 264 valence electrons. The second-order valence-corrected chi connectivity index (χ2v) is 14.6. The third kappa shape index (κ3) is 5.78. The molecule has 1 aliphatic carbocycles. The van der Waals surface area contributed by atoms with Crippen LogP contribution in [0.3, 0.4) is 0 Å². The number of phenols is 1. The molecule has 5 aliphatic rings. The van der Waals surface area contributed by atoms with E-state index in [0.29, 0.717) is 67.0 Å². The molecule has 2 aromatic heterocycles. The van der Waals surface area contributed by atoms with Gasteiger partial charge in [0.15, 0.2) is 5.82 Å². The first-order valence-corrected chi connectivity index (χ1v) is 18.2. The smallest absolute Gasteiger partial charge is 0.249 e. The number of imide groups is 1. The van der Waals surface area contributed by atoms with Gasteiger partial charge < -0.3 is 25.4 Å². The van der Waals surface area contributed by atoms with Crippen molar-refractivity contribution in [2.75, 3.05) is 48.4 Å². The van der Waals surface area contributed by atoms with Crippen molar-refractivity contribution in [1.82, 2.24) is 30.2 Å². The number of rotatable bonds is 6. The number of nitrogens with two attached hydrogens (primary N) is 1. The van der Waals surface area contributed by atoms with Crippen LogP contribution in [0.25, 0.3) is 16.9 Å². The lowest BCUT2D eigenvalue weighted by Gasteiger charge is -2.54. The predicted octanol–water partition coefficient (Wildman–Crippen LogP) is 3.40. The lowest BCUT2D eigenvalue weighted by molar-refractivity contribution is -0.134. The summed E-state index contributed by atoms with van der Waals surface area (Å²) >= 11 is 0. The number of amides is 2. The highest BCUT2D eigenvalue weighted by Gasteiger charge is 2.44. The van der Waals surface area contributed by atoms with E-state index in [4.69, 9.17) is 10.5 Å². The van der Waals surface area contributed by atoms with E-state index in [9.17, 15) is 14.7 Å². The minimum absolute atomic E-state index is 0.130. The first kappa shape index (κ1) is 31.9. The highest BCUT2D eigenvalue weighted by molar-refractivity contribution is 6.02. The van der Waals surface area contributed by atoms with Crippen molar-refractivity contribution in [3.8, 4) is 22.7 Å². The Kier molecular flexibility index (Phi) is 8.11. The van der Waals surface area contributed by atoms with E-state index in [2.05, 4.69) is 53.5 Å². The standard InChI is InChI=1S/C38H43N9O4/c39-37-34(16-31(42-43-37)30-4-1-2-7-35(30)48)46-20-25(17-40-46)44-18-26-21-51-22-27(19-44)47(26)24-10-8-23(9-11-24)28-5-3-6-32-29(28)14-15-45(32)33-12-13-36(49)41-38(33)50/h1-7,16-17,20,23-24,26-27,33,48H,8-15,18-19,21-22H2,(H2,39,43)(H,41,49,50)/t23-,24+,26-,27-,33?/m1/s1. The summed E-state index contributed by atoms with van der Waals surface area (Å²) in [5, 5.41) is 25.9. The molecular formula is C38H43N9O4. The van der Waals surface area contributed by atoms with Crippen LogP contribution in [0.1, 0.15) is 55.6 Å². The fourth-order valence-electron chi connectivity index (χ4n) is 9.36. The van der Waals surface area contributed by atoms with Crippen molar-refractivity contribution in [1.29, 1.82) is 0 Å². The summed E-state index contributed by atoms with van der Waals surface area (Å²) in [6.07, 6.45) is 10.4. The van der Waals surface area contributed by atoms with Crippen LogP contribution in [0.2, 0.25) is 0 Å². The van der Waals surface area contributed by atoms with Crippen molar-refractivity contribution < 1.29 is 19.4 Å². The number of hydrogen-bond acceptors (Lipinski definition) is 11. The number of ether oxygens (including phenoxy) is 1. The van der Waals surface area contributed by atoms with E-state index in [1.165, 1.54) is 16.8 Å². The van der Waals surface area contributed by atoms with Crippen molar-refractivity contribution in [2.45, 2.75) is 75.0 Å². The van der Waals surface area contributed by atoms with Crippen molar-refractivity contribution in [2.24, 2.45) is 0 Å². The first-order valence-electron chi connectivity index (χ1n) is 18.2. The number of phenolic OH excluding ortho intramolecular Hbond substituents is 1. The summed E-state index contributed by atoms with van der Waals surface area (Å²) in [4.78, 5) is 31.9. The monoisotopic (exact) mass is 689 g/mol. The summed E-state index contributed by atoms with van der Waals surface area (Å²) in [6, 6.07) is 16.3. The van der Waals surface area contributed by atoms with Gasteiger partial charge in [0.05, 0.1) is 49.1 Å². The van der Waals surface area contributed by atoms with Gasteiger partial charge in [-0.1, -0.05) is 24.3 Å². The Balaban J connectivity index is 0.869. The number of piperazine rings is 1. The molecule has 1 saturated carbocycles. The van der Waals surface area contributed by atoms with Crippen molar-refractivity contribution in [3.63, 3.8) is 0 Å². The van der Waals surface area contributed by atoms with Gasteiger partial charge in [-0.15, -0.1) is 10.2 Å². The van der Waals surface area contributed by atoms with E-state index in [1.54, 1.807) is 22.9 Å². The topological polar surface area (TPSA) is 155 Å². The molecule has 51 heavy (non-hydrogen) atoms. The summed E-state index contributed by atoms with van der Waals surface area (Å²) < 4.78 is 7.86. The summed E-state index contributed by atoms with van der Waals surface area (Å²) in [5.74, 6) is 0.582. The van der Waals surface area contributed by atoms with Gasteiger partial charge in [-0.25, -0.2) is 4.68 Å². The van der Waals surface area contributed by atoms with Crippen LogP contribution in [0.15, 0.2) is 60.9 Å². The molecule has 13 nitrogen and oxygen atoms in total. The highest BCUT2D eigenvalue weighted by atomic mass is 16.5. The van der Waals surface area contributed by atoms with Gasteiger partial charge in [0.1, 0.15) is 17.5 Å². The van der Waals surface area contributed by atoms with Gasteiger partial charge in [0.2, 0.25) is 11.8 Å². The largest absolute Gasteiger partial charge is 0.507 e. The fraction of sp³-hybridized carbons (Fsp3) is 0.447. The molecule has 2 bridgehead atoms. The Labute approximate surface area is 296 Å². The number of fused-ring (bicyclic) bond motifs is 3. The number of aromatic nitrogens is 4. The van der Waals surface area contributed by atoms with Crippen LogP contribution in [0, 0.1) is 0 Å². The maximum absolute atomic E-state index is 12.7. The number of nitrogens with zero attached hydrogens (tertiary/aromatic N) is 7. The van der Waals surface area contributed by atoms with Crippen LogP contribution >= 0.6 is 0 Å². The maximum Gasteiger partial charge on any atom is 0.249 e. The molecule has 3 atom stereocenters. The zero-order valence-electron chi connectivity index (χ0n) is 28.5. The summed E-state index contributed by atoms with van der Waals surface area (Å²) in [5.41, 5.74) is 13.0. The number of morpholine rings is 1. The number of hydrogen-bond donors (Lipinski definition) is 3. The third-order valence-corrected chi connectivity index (χ3v) is 11.7. The molecule has 6 heterocycles. The molecule has 4 N–H and O–H groups in total. The third-order valence-electron chi connectivity index (χ3n) is 11.7. The van der Waals surface area contributed by atoms with Crippen LogP contribution in [-0.4, -0.2) is 98.8 Å². The normalized spacial score (nSPS) is 26.6. The number of anilines is 3. The zero-order chi connectivity index (χ0) is 34.6. The number of benzene rings is 2. The molecule has 4 aliphatic heterocycles. The summed E-state index contributed by atoms with van der Waals surface area (Å²) in [6.45, 7) is 3.98. The average molecular weight is 690 g/mol. The molecule has 1 unspecified atom stereocenters. The Hall–Kier alpha value is -5.01. The lowest BCUT2D eigenvalue weighted by Crippen LogP contribution is -2.67. The molecule has 4 aromatic rings. The number of para-hydroxylation sites is 1.